The summed E-state index contributed by atoms with van der Waals surface area (Å²) in [6, 6.07) is 5.68. The van der Waals surface area contributed by atoms with Gasteiger partial charge in [0.15, 0.2) is 0 Å². The Hall–Kier alpha value is -2.62. The first-order chi connectivity index (χ1) is 10.5. The SMILES string of the molecule is C=Cc1c(C(=O)O)cn(Cc2ccccn2)c1C(=C)C(C)C. The van der Waals surface area contributed by atoms with Crippen LogP contribution < -0.4 is 0 Å². The summed E-state index contributed by atoms with van der Waals surface area (Å²) < 4.78 is 1.89. The Morgan fingerprint density at radius 2 is 2.18 bits per heavy atom. The van der Waals surface area contributed by atoms with Crippen molar-refractivity contribution in [2.24, 2.45) is 5.92 Å². The molecule has 0 aromatic carbocycles. The minimum absolute atomic E-state index is 0.206. The molecule has 0 atom stereocenters. The van der Waals surface area contributed by atoms with Gasteiger partial charge in [0.1, 0.15) is 0 Å². The molecule has 0 aliphatic carbocycles. The molecular formula is C18H20N2O2. The van der Waals surface area contributed by atoms with Crippen molar-refractivity contribution in [1.82, 2.24) is 9.55 Å². The van der Waals surface area contributed by atoms with Crippen molar-refractivity contribution in [1.29, 1.82) is 0 Å². The highest BCUT2D eigenvalue weighted by Gasteiger charge is 2.21. The lowest BCUT2D eigenvalue weighted by atomic mass is 9.97. The Morgan fingerprint density at radius 3 is 2.68 bits per heavy atom. The number of pyridine rings is 1. The lowest BCUT2D eigenvalue weighted by Gasteiger charge is -2.15. The van der Waals surface area contributed by atoms with Crippen LogP contribution in [-0.4, -0.2) is 20.6 Å². The van der Waals surface area contributed by atoms with E-state index in [1.165, 1.54) is 0 Å². The van der Waals surface area contributed by atoms with Crippen molar-refractivity contribution >= 4 is 17.6 Å². The molecule has 0 unspecified atom stereocenters. The third-order valence-electron chi connectivity index (χ3n) is 3.61. The van der Waals surface area contributed by atoms with Crippen LogP contribution in [0.1, 0.15) is 41.2 Å². The molecule has 22 heavy (non-hydrogen) atoms. The summed E-state index contributed by atoms with van der Waals surface area (Å²) in [5.74, 6) is -0.759. The Morgan fingerprint density at radius 1 is 1.45 bits per heavy atom. The van der Waals surface area contributed by atoms with E-state index in [2.05, 4.69) is 18.1 Å². The summed E-state index contributed by atoms with van der Waals surface area (Å²) >= 11 is 0. The smallest absolute Gasteiger partial charge is 0.337 e. The van der Waals surface area contributed by atoms with Crippen LogP contribution in [0.4, 0.5) is 0 Å². The van der Waals surface area contributed by atoms with Gasteiger partial charge in [-0.3, -0.25) is 4.98 Å². The van der Waals surface area contributed by atoms with Gasteiger partial charge in [-0.1, -0.05) is 39.1 Å². The van der Waals surface area contributed by atoms with E-state index in [4.69, 9.17) is 0 Å². The lowest BCUT2D eigenvalue weighted by molar-refractivity contribution is 0.0696. The maximum absolute atomic E-state index is 11.5. The fraction of sp³-hybridized carbons (Fsp3) is 0.222. The highest BCUT2D eigenvalue weighted by Crippen LogP contribution is 2.30. The van der Waals surface area contributed by atoms with E-state index in [1.54, 1.807) is 18.5 Å². The maximum Gasteiger partial charge on any atom is 0.337 e. The molecule has 2 heterocycles. The van der Waals surface area contributed by atoms with Gasteiger partial charge in [-0.2, -0.15) is 0 Å². The summed E-state index contributed by atoms with van der Waals surface area (Å²) in [6.07, 6.45) is 4.94. The summed E-state index contributed by atoms with van der Waals surface area (Å²) in [6.45, 7) is 12.5. The van der Waals surface area contributed by atoms with E-state index in [9.17, 15) is 9.90 Å². The normalized spacial score (nSPS) is 10.7. The predicted octanol–water partition coefficient (Wildman–Crippen LogP) is 3.94. The molecule has 114 valence electrons. The van der Waals surface area contributed by atoms with Gasteiger partial charge in [-0.25, -0.2) is 4.79 Å². The number of carboxylic acid groups (broad SMARTS) is 1. The second-order valence-corrected chi connectivity index (χ2v) is 5.44. The first-order valence-electron chi connectivity index (χ1n) is 7.13. The Labute approximate surface area is 130 Å². The number of hydrogen-bond acceptors (Lipinski definition) is 2. The number of carbonyl (C=O) groups is 1. The number of nitrogens with zero attached hydrogens (tertiary/aromatic N) is 2. The Kier molecular flexibility index (Phi) is 4.61. The van der Waals surface area contributed by atoms with Crippen LogP contribution in [0, 0.1) is 5.92 Å². The van der Waals surface area contributed by atoms with Gasteiger partial charge in [0.25, 0.3) is 0 Å². The monoisotopic (exact) mass is 296 g/mol. The average molecular weight is 296 g/mol. The Bertz CT molecular complexity index is 712. The molecule has 0 fully saturated rings. The highest BCUT2D eigenvalue weighted by atomic mass is 16.4. The second-order valence-electron chi connectivity index (χ2n) is 5.44. The summed E-state index contributed by atoms with van der Waals surface area (Å²) in [5.41, 5.74) is 3.42. The van der Waals surface area contributed by atoms with Gasteiger partial charge in [0.2, 0.25) is 0 Å². The maximum atomic E-state index is 11.5. The fourth-order valence-electron chi connectivity index (χ4n) is 2.37. The predicted molar refractivity (Wildman–Crippen MR) is 88.7 cm³/mol. The zero-order valence-electron chi connectivity index (χ0n) is 12.9. The van der Waals surface area contributed by atoms with Crippen LogP contribution >= 0.6 is 0 Å². The van der Waals surface area contributed by atoms with Crippen molar-refractivity contribution in [2.75, 3.05) is 0 Å². The van der Waals surface area contributed by atoms with E-state index in [0.717, 1.165) is 17.0 Å². The van der Waals surface area contributed by atoms with Crippen LogP contribution in [0.2, 0.25) is 0 Å². The standard InChI is InChI=1S/C18H20N2O2/c1-5-15-16(18(21)22)11-20(17(15)13(4)12(2)3)10-14-8-6-7-9-19-14/h5-9,11-12H,1,4,10H2,2-3H3,(H,21,22). The van der Waals surface area contributed by atoms with E-state index < -0.39 is 5.97 Å². The van der Waals surface area contributed by atoms with E-state index in [0.29, 0.717) is 12.1 Å². The van der Waals surface area contributed by atoms with Crippen molar-refractivity contribution in [3.8, 4) is 0 Å². The molecule has 2 aromatic rings. The molecule has 0 spiro atoms. The largest absolute Gasteiger partial charge is 0.478 e. The molecule has 1 N–H and O–H groups in total. The number of aromatic carboxylic acids is 1. The van der Waals surface area contributed by atoms with Crippen molar-refractivity contribution < 1.29 is 9.90 Å². The third kappa shape index (κ3) is 3.01. The first kappa shape index (κ1) is 15.8. The van der Waals surface area contributed by atoms with Gasteiger partial charge >= 0.3 is 5.97 Å². The molecule has 0 aliphatic rings. The quantitative estimate of drug-likeness (QED) is 0.878. The zero-order valence-corrected chi connectivity index (χ0v) is 12.9. The lowest BCUT2D eigenvalue weighted by Crippen LogP contribution is -2.07. The van der Waals surface area contributed by atoms with Crippen LogP contribution in [0.15, 0.2) is 43.8 Å². The van der Waals surface area contributed by atoms with Gasteiger partial charge in [0, 0.05) is 18.0 Å². The molecule has 0 aliphatic heterocycles. The molecule has 4 nitrogen and oxygen atoms in total. The highest BCUT2D eigenvalue weighted by molar-refractivity contribution is 5.94. The summed E-state index contributed by atoms with van der Waals surface area (Å²) in [4.78, 5) is 15.8. The summed E-state index contributed by atoms with van der Waals surface area (Å²) in [5, 5.41) is 9.41. The van der Waals surface area contributed by atoms with E-state index >= 15 is 0 Å². The van der Waals surface area contributed by atoms with Gasteiger partial charge in [0.05, 0.1) is 23.5 Å². The second kappa shape index (κ2) is 6.43. The number of aromatic nitrogens is 2. The minimum Gasteiger partial charge on any atom is -0.478 e. The first-order valence-corrected chi connectivity index (χ1v) is 7.13. The fourth-order valence-corrected chi connectivity index (χ4v) is 2.37. The molecular weight excluding hydrogens is 276 g/mol. The third-order valence-corrected chi connectivity index (χ3v) is 3.61. The molecule has 2 rings (SSSR count). The van der Waals surface area contributed by atoms with Crippen molar-refractivity contribution in [2.45, 2.75) is 20.4 Å². The minimum atomic E-state index is -0.965. The van der Waals surface area contributed by atoms with Crippen LogP contribution in [-0.2, 0) is 6.54 Å². The number of carboxylic acids is 1. The van der Waals surface area contributed by atoms with Crippen molar-refractivity contribution in [3.05, 3.63) is 66.3 Å². The topological polar surface area (TPSA) is 55.1 Å². The van der Waals surface area contributed by atoms with Gasteiger partial charge in [-0.05, 0) is 23.6 Å². The van der Waals surface area contributed by atoms with Gasteiger partial charge in [-0.15, -0.1) is 0 Å². The van der Waals surface area contributed by atoms with E-state index in [-0.39, 0.29) is 11.5 Å². The molecule has 0 saturated carbocycles. The molecule has 4 heteroatoms. The molecule has 2 aromatic heterocycles. The molecule has 0 saturated heterocycles. The molecule has 0 bridgehead atoms. The van der Waals surface area contributed by atoms with Crippen LogP contribution in [0.25, 0.3) is 11.6 Å². The summed E-state index contributed by atoms with van der Waals surface area (Å²) in [7, 11) is 0. The van der Waals surface area contributed by atoms with E-state index in [1.807, 2.05) is 36.6 Å². The van der Waals surface area contributed by atoms with Crippen LogP contribution in [0.5, 0.6) is 0 Å². The van der Waals surface area contributed by atoms with Gasteiger partial charge < -0.3 is 9.67 Å². The van der Waals surface area contributed by atoms with Crippen molar-refractivity contribution in [3.63, 3.8) is 0 Å². The number of hydrogen-bond donors (Lipinski definition) is 1. The zero-order chi connectivity index (χ0) is 16.3. The molecule has 0 amide bonds. The number of allylic oxidation sites excluding steroid dienone is 1. The van der Waals surface area contributed by atoms with Crippen LogP contribution in [0.3, 0.4) is 0 Å². The Balaban J connectivity index is 2.58. The average Bonchev–Trinajstić information content (AvgIpc) is 2.85. The number of rotatable bonds is 6. The molecule has 0 radical (unpaired) electrons.